The normalized spacial score (nSPS) is 12.2. The van der Waals surface area contributed by atoms with Gasteiger partial charge in [0.1, 0.15) is 11.5 Å². The van der Waals surface area contributed by atoms with Crippen LogP contribution in [0.4, 0.5) is 0 Å². The van der Waals surface area contributed by atoms with Crippen molar-refractivity contribution < 1.29 is 23.2 Å². The maximum atomic E-state index is 11.7. The number of carbonyl (C=O) groups is 1. The molecule has 0 heterocycles. The Morgan fingerprint density at radius 1 is 1.32 bits per heavy atom. The Balaban J connectivity index is 2.89. The molecule has 0 aliphatic rings. The maximum Gasteiger partial charge on any atom is 0.320 e. The van der Waals surface area contributed by atoms with Crippen molar-refractivity contribution in [1.82, 2.24) is 0 Å². The van der Waals surface area contributed by atoms with Gasteiger partial charge in [-0.05, 0) is 12.1 Å². The third-order valence-electron chi connectivity index (χ3n) is 2.22. The van der Waals surface area contributed by atoms with Gasteiger partial charge in [-0.25, -0.2) is 8.42 Å². The van der Waals surface area contributed by atoms with Gasteiger partial charge in [0.05, 0.1) is 12.9 Å². The highest BCUT2D eigenvalue weighted by molar-refractivity contribution is 7.92. The number of methoxy groups -OCH3 is 1. The SMILES string of the molecule is COC(=O)CS(=O)(=O)C/C(=N/O)c1ccc(Cl)cc1. The zero-order valence-corrected chi connectivity index (χ0v) is 11.6. The van der Waals surface area contributed by atoms with Gasteiger partial charge in [-0.3, -0.25) is 4.79 Å². The molecule has 0 spiro atoms. The van der Waals surface area contributed by atoms with E-state index in [0.717, 1.165) is 7.11 Å². The molecule has 0 aliphatic heterocycles. The van der Waals surface area contributed by atoms with E-state index in [2.05, 4.69) is 9.89 Å². The fraction of sp³-hybridized carbons (Fsp3) is 0.273. The first-order valence-corrected chi connectivity index (χ1v) is 7.32. The molecule has 1 aromatic rings. The molecular formula is C11H12ClNO5S. The predicted molar refractivity (Wildman–Crippen MR) is 70.4 cm³/mol. The summed E-state index contributed by atoms with van der Waals surface area (Å²) in [6, 6.07) is 6.11. The Hall–Kier alpha value is -1.60. The number of esters is 1. The Morgan fingerprint density at radius 3 is 2.37 bits per heavy atom. The molecule has 0 saturated carbocycles. The van der Waals surface area contributed by atoms with Crippen molar-refractivity contribution >= 4 is 33.1 Å². The first-order valence-electron chi connectivity index (χ1n) is 5.12. The largest absolute Gasteiger partial charge is 0.468 e. The van der Waals surface area contributed by atoms with Crippen LogP contribution in [0.1, 0.15) is 5.56 Å². The van der Waals surface area contributed by atoms with Crippen LogP contribution < -0.4 is 0 Å². The van der Waals surface area contributed by atoms with Crippen molar-refractivity contribution in [3.63, 3.8) is 0 Å². The van der Waals surface area contributed by atoms with Crippen LogP contribution in [0.2, 0.25) is 5.02 Å². The highest BCUT2D eigenvalue weighted by Crippen LogP contribution is 2.11. The van der Waals surface area contributed by atoms with E-state index in [1.807, 2.05) is 0 Å². The summed E-state index contributed by atoms with van der Waals surface area (Å²) in [7, 11) is -2.67. The number of oxime groups is 1. The molecule has 104 valence electrons. The number of hydrogen-bond acceptors (Lipinski definition) is 6. The van der Waals surface area contributed by atoms with Gasteiger partial charge < -0.3 is 9.94 Å². The van der Waals surface area contributed by atoms with Crippen molar-refractivity contribution in [3.05, 3.63) is 34.9 Å². The van der Waals surface area contributed by atoms with Gasteiger partial charge >= 0.3 is 5.97 Å². The number of nitrogens with zero attached hydrogens (tertiary/aromatic N) is 1. The second-order valence-corrected chi connectivity index (χ2v) is 6.16. The quantitative estimate of drug-likeness (QED) is 0.380. The molecular weight excluding hydrogens is 294 g/mol. The number of hydrogen-bond donors (Lipinski definition) is 1. The Kier molecular flexibility index (Phi) is 5.31. The topological polar surface area (TPSA) is 93.0 Å². The zero-order chi connectivity index (χ0) is 14.5. The lowest BCUT2D eigenvalue weighted by Gasteiger charge is -2.06. The molecule has 8 heteroatoms. The molecule has 0 bridgehead atoms. The summed E-state index contributed by atoms with van der Waals surface area (Å²) < 4.78 is 27.7. The van der Waals surface area contributed by atoms with E-state index >= 15 is 0 Å². The van der Waals surface area contributed by atoms with E-state index in [0.29, 0.717) is 10.6 Å². The van der Waals surface area contributed by atoms with Gasteiger partial charge in [0.2, 0.25) is 0 Å². The number of rotatable bonds is 5. The Labute approximate surface area is 115 Å². The lowest BCUT2D eigenvalue weighted by Crippen LogP contribution is -2.25. The molecule has 19 heavy (non-hydrogen) atoms. The van der Waals surface area contributed by atoms with Crippen LogP contribution in [-0.2, 0) is 19.4 Å². The van der Waals surface area contributed by atoms with E-state index in [1.165, 1.54) is 24.3 Å². The first kappa shape index (κ1) is 15.5. The van der Waals surface area contributed by atoms with E-state index in [-0.39, 0.29) is 5.71 Å². The van der Waals surface area contributed by atoms with Crippen LogP contribution >= 0.6 is 11.6 Å². The Morgan fingerprint density at radius 2 is 1.89 bits per heavy atom. The standard InChI is InChI=1S/C11H12ClNO5S/c1-18-11(14)7-19(16,17)6-10(13-15)8-2-4-9(12)5-3-8/h2-5,15H,6-7H2,1H3/b13-10-. The molecule has 6 nitrogen and oxygen atoms in total. The van der Waals surface area contributed by atoms with Gasteiger partial charge in [-0.2, -0.15) is 0 Å². The first-order chi connectivity index (χ1) is 8.88. The number of benzene rings is 1. The lowest BCUT2D eigenvalue weighted by atomic mass is 10.1. The number of halogens is 1. The number of carbonyl (C=O) groups excluding carboxylic acids is 1. The highest BCUT2D eigenvalue weighted by Gasteiger charge is 2.21. The third kappa shape index (κ3) is 4.88. The average molecular weight is 306 g/mol. The lowest BCUT2D eigenvalue weighted by molar-refractivity contribution is -0.137. The summed E-state index contributed by atoms with van der Waals surface area (Å²) in [6.07, 6.45) is 0. The fourth-order valence-electron chi connectivity index (χ4n) is 1.31. The van der Waals surface area contributed by atoms with Gasteiger partial charge in [-0.1, -0.05) is 28.9 Å². The summed E-state index contributed by atoms with van der Waals surface area (Å²) >= 11 is 5.70. The van der Waals surface area contributed by atoms with Gasteiger partial charge in [0.15, 0.2) is 9.84 Å². The molecule has 0 aliphatic carbocycles. The summed E-state index contributed by atoms with van der Waals surface area (Å²) in [5.41, 5.74) is 0.334. The third-order valence-corrected chi connectivity index (χ3v) is 3.86. The van der Waals surface area contributed by atoms with Crippen molar-refractivity contribution in [1.29, 1.82) is 0 Å². The zero-order valence-electron chi connectivity index (χ0n) is 10.0. The second kappa shape index (κ2) is 6.53. The van der Waals surface area contributed by atoms with Crippen LogP contribution in [0.3, 0.4) is 0 Å². The average Bonchev–Trinajstić information content (AvgIpc) is 2.36. The second-order valence-electron chi connectivity index (χ2n) is 3.66. The van der Waals surface area contributed by atoms with Gasteiger partial charge in [0.25, 0.3) is 0 Å². The molecule has 0 amide bonds. The van der Waals surface area contributed by atoms with E-state index in [9.17, 15) is 13.2 Å². The molecule has 0 aromatic heterocycles. The van der Waals surface area contributed by atoms with Gasteiger partial charge in [-0.15, -0.1) is 0 Å². The van der Waals surface area contributed by atoms with Crippen LogP contribution in [0.25, 0.3) is 0 Å². The van der Waals surface area contributed by atoms with E-state index in [1.54, 1.807) is 0 Å². The minimum absolute atomic E-state index is 0.0689. The van der Waals surface area contributed by atoms with Crippen molar-refractivity contribution in [3.8, 4) is 0 Å². The number of sulfone groups is 1. The highest BCUT2D eigenvalue weighted by atomic mass is 35.5. The molecule has 0 saturated heterocycles. The fourth-order valence-corrected chi connectivity index (χ4v) is 2.66. The van der Waals surface area contributed by atoms with Crippen molar-refractivity contribution in [2.45, 2.75) is 0 Å². The molecule has 0 unspecified atom stereocenters. The molecule has 1 rings (SSSR count). The smallest absolute Gasteiger partial charge is 0.320 e. The summed E-state index contributed by atoms with van der Waals surface area (Å²) in [6.45, 7) is 0. The molecule has 1 N–H and O–H groups in total. The van der Waals surface area contributed by atoms with E-state index < -0.39 is 27.3 Å². The van der Waals surface area contributed by atoms with Crippen LogP contribution in [0.15, 0.2) is 29.4 Å². The summed E-state index contributed by atoms with van der Waals surface area (Å²) in [5, 5.41) is 12.3. The predicted octanol–water partition coefficient (Wildman–Crippen LogP) is 1.11. The monoisotopic (exact) mass is 305 g/mol. The summed E-state index contributed by atoms with van der Waals surface area (Å²) in [4.78, 5) is 11.0. The Bertz CT molecular complexity index is 580. The van der Waals surface area contributed by atoms with Crippen LogP contribution in [-0.4, -0.2) is 43.9 Å². The molecule has 0 fully saturated rings. The molecule has 0 radical (unpaired) electrons. The maximum absolute atomic E-state index is 11.7. The van der Waals surface area contributed by atoms with Crippen LogP contribution in [0, 0.1) is 0 Å². The van der Waals surface area contributed by atoms with Crippen LogP contribution in [0.5, 0.6) is 0 Å². The molecule has 0 atom stereocenters. The van der Waals surface area contributed by atoms with Crippen molar-refractivity contribution in [2.24, 2.45) is 5.16 Å². The molecule has 1 aromatic carbocycles. The summed E-state index contributed by atoms with van der Waals surface area (Å²) in [5.74, 6) is -2.20. The van der Waals surface area contributed by atoms with Gasteiger partial charge in [0, 0.05) is 10.6 Å². The van der Waals surface area contributed by atoms with E-state index in [4.69, 9.17) is 16.8 Å². The minimum atomic E-state index is -3.76. The number of ether oxygens (including phenoxy) is 1. The van der Waals surface area contributed by atoms with Crippen molar-refractivity contribution in [2.75, 3.05) is 18.6 Å². The minimum Gasteiger partial charge on any atom is -0.468 e.